The lowest BCUT2D eigenvalue weighted by atomic mass is 9.81. The molecule has 1 fully saturated rings. The van der Waals surface area contributed by atoms with E-state index in [4.69, 9.17) is 0 Å². The van der Waals surface area contributed by atoms with Crippen LogP contribution in [0.25, 0.3) is 0 Å². The predicted molar refractivity (Wildman–Crippen MR) is 123 cm³/mol. The van der Waals surface area contributed by atoms with Crippen LogP contribution < -0.4 is 0 Å². The SMILES string of the molecule is CC(C)c1ncc(CN2CCC(C3CC=CCN(Cc4ccc(F)cc4)C3=O)CC2)cn1. The maximum atomic E-state index is 13.4. The molecule has 1 amide bonds. The van der Waals surface area contributed by atoms with Crippen molar-refractivity contribution in [1.29, 1.82) is 0 Å². The van der Waals surface area contributed by atoms with E-state index < -0.39 is 0 Å². The number of amides is 1. The molecule has 5 nitrogen and oxygen atoms in total. The van der Waals surface area contributed by atoms with Crippen LogP contribution in [0.3, 0.4) is 0 Å². The van der Waals surface area contributed by atoms with Crippen LogP contribution in [0, 0.1) is 17.7 Å². The van der Waals surface area contributed by atoms with Crippen molar-refractivity contribution in [3.8, 4) is 0 Å². The van der Waals surface area contributed by atoms with Gasteiger partial charge in [0, 0.05) is 49.4 Å². The summed E-state index contributed by atoms with van der Waals surface area (Å²) in [6.07, 6.45) is 11.0. The van der Waals surface area contributed by atoms with Gasteiger partial charge in [0.1, 0.15) is 11.6 Å². The summed E-state index contributed by atoms with van der Waals surface area (Å²) in [7, 11) is 0. The fourth-order valence-electron chi connectivity index (χ4n) is 4.73. The Balaban J connectivity index is 1.33. The Bertz CT molecular complexity index is 918. The van der Waals surface area contributed by atoms with Crippen LogP contribution >= 0.6 is 0 Å². The summed E-state index contributed by atoms with van der Waals surface area (Å²) in [5.74, 6) is 1.64. The van der Waals surface area contributed by atoms with Gasteiger partial charge in [-0.25, -0.2) is 14.4 Å². The first-order valence-corrected chi connectivity index (χ1v) is 11.7. The van der Waals surface area contributed by atoms with E-state index in [2.05, 4.69) is 40.9 Å². The highest BCUT2D eigenvalue weighted by atomic mass is 19.1. The molecule has 1 aromatic carbocycles. The third-order valence-corrected chi connectivity index (χ3v) is 6.65. The van der Waals surface area contributed by atoms with Crippen molar-refractivity contribution in [3.05, 3.63) is 71.6 Å². The van der Waals surface area contributed by atoms with E-state index in [1.54, 1.807) is 12.1 Å². The molecular formula is C26H33FN4O. The fraction of sp³-hybridized carbons (Fsp3) is 0.500. The molecule has 0 saturated carbocycles. The number of hydrogen-bond acceptors (Lipinski definition) is 4. The average molecular weight is 437 g/mol. The molecule has 0 radical (unpaired) electrons. The van der Waals surface area contributed by atoms with Crippen LogP contribution in [0.2, 0.25) is 0 Å². The number of carbonyl (C=O) groups is 1. The molecule has 6 heteroatoms. The Kier molecular flexibility index (Phi) is 7.30. The zero-order chi connectivity index (χ0) is 22.5. The summed E-state index contributed by atoms with van der Waals surface area (Å²) in [6.45, 7) is 8.20. The monoisotopic (exact) mass is 436 g/mol. The van der Waals surface area contributed by atoms with Gasteiger partial charge in [-0.05, 0) is 56.0 Å². The second kappa shape index (κ2) is 10.3. The maximum absolute atomic E-state index is 13.4. The van der Waals surface area contributed by atoms with Crippen LogP contribution in [0.5, 0.6) is 0 Å². The van der Waals surface area contributed by atoms with Crippen LogP contribution in [0.1, 0.15) is 56.0 Å². The Labute approximate surface area is 190 Å². The third kappa shape index (κ3) is 5.60. The normalized spacial score (nSPS) is 20.7. The van der Waals surface area contributed by atoms with Gasteiger partial charge >= 0.3 is 0 Å². The third-order valence-electron chi connectivity index (χ3n) is 6.65. The van der Waals surface area contributed by atoms with Crippen molar-refractivity contribution < 1.29 is 9.18 Å². The summed E-state index contributed by atoms with van der Waals surface area (Å²) in [5, 5.41) is 0. The number of aromatic nitrogens is 2. The summed E-state index contributed by atoms with van der Waals surface area (Å²) in [4.78, 5) is 26.7. The molecule has 0 aliphatic carbocycles. The standard InChI is InChI=1S/C26H33FN4O/c1-19(2)25-28-15-21(16-29-25)17-30-13-10-22(11-14-30)24-5-3-4-12-31(26(24)32)18-20-6-8-23(27)9-7-20/h3-4,6-9,15-16,19,22,24H,5,10-14,17-18H2,1-2H3. The number of carbonyl (C=O) groups excluding carboxylic acids is 1. The number of rotatable bonds is 6. The minimum absolute atomic E-state index is 0.0324. The van der Waals surface area contributed by atoms with Crippen LogP contribution in [-0.2, 0) is 17.9 Å². The van der Waals surface area contributed by atoms with E-state index in [0.29, 0.717) is 24.9 Å². The lowest BCUT2D eigenvalue weighted by molar-refractivity contribution is -0.137. The zero-order valence-corrected chi connectivity index (χ0v) is 19.1. The minimum atomic E-state index is -0.247. The van der Waals surface area contributed by atoms with E-state index in [9.17, 15) is 9.18 Å². The highest BCUT2D eigenvalue weighted by Crippen LogP contribution is 2.31. The van der Waals surface area contributed by atoms with Gasteiger partial charge < -0.3 is 4.90 Å². The van der Waals surface area contributed by atoms with Gasteiger partial charge in [-0.1, -0.05) is 38.1 Å². The fourth-order valence-corrected chi connectivity index (χ4v) is 4.73. The Morgan fingerprint density at radius 3 is 2.34 bits per heavy atom. The number of nitrogens with zero attached hydrogens (tertiary/aromatic N) is 4. The summed E-state index contributed by atoms with van der Waals surface area (Å²) in [5.41, 5.74) is 2.11. The molecule has 170 valence electrons. The topological polar surface area (TPSA) is 49.3 Å². The van der Waals surface area contributed by atoms with Crippen LogP contribution in [-0.4, -0.2) is 45.3 Å². The van der Waals surface area contributed by atoms with Gasteiger partial charge in [0.05, 0.1) is 0 Å². The molecule has 3 heterocycles. The molecule has 0 bridgehead atoms. The molecule has 1 saturated heterocycles. The lowest BCUT2D eigenvalue weighted by Gasteiger charge is -2.36. The first-order valence-electron chi connectivity index (χ1n) is 11.7. The highest BCUT2D eigenvalue weighted by molar-refractivity contribution is 5.80. The summed E-state index contributed by atoms with van der Waals surface area (Å²) < 4.78 is 13.2. The first-order chi connectivity index (χ1) is 15.5. The van der Waals surface area contributed by atoms with Gasteiger partial charge in [-0.15, -0.1) is 0 Å². The second-order valence-corrected chi connectivity index (χ2v) is 9.38. The average Bonchev–Trinajstić information content (AvgIpc) is 2.98. The molecule has 32 heavy (non-hydrogen) atoms. The molecule has 0 N–H and O–H groups in total. The number of likely N-dealkylation sites (tertiary alicyclic amines) is 1. The van der Waals surface area contributed by atoms with Crippen LogP contribution in [0.15, 0.2) is 48.8 Å². The Hall–Kier alpha value is -2.60. The van der Waals surface area contributed by atoms with Crippen molar-refractivity contribution in [2.75, 3.05) is 19.6 Å². The summed E-state index contributed by atoms with van der Waals surface area (Å²) >= 11 is 0. The van der Waals surface area contributed by atoms with Gasteiger partial charge in [0.2, 0.25) is 5.91 Å². The van der Waals surface area contributed by atoms with E-state index in [-0.39, 0.29) is 17.6 Å². The summed E-state index contributed by atoms with van der Waals surface area (Å²) in [6, 6.07) is 6.45. The van der Waals surface area contributed by atoms with E-state index >= 15 is 0 Å². The smallest absolute Gasteiger partial charge is 0.226 e. The maximum Gasteiger partial charge on any atom is 0.226 e. The van der Waals surface area contributed by atoms with E-state index in [0.717, 1.165) is 55.8 Å². The van der Waals surface area contributed by atoms with Gasteiger partial charge in [0.25, 0.3) is 0 Å². The van der Waals surface area contributed by atoms with E-state index in [1.165, 1.54) is 12.1 Å². The lowest BCUT2D eigenvalue weighted by Crippen LogP contribution is -2.42. The highest BCUT2D eigenvalue weighted by Gasteiger charge is 2.34. The minimum Gasteiger partial charge on any atom is -0.334 e. The largest absolute Gasteiger partial charge is 0.334 e. The number of piperidine rings is 1. The number of halogens is 1. The van der Waals surface area contributed by atoms with Gasteiger partial charge in [0.15, 0.2) is 0 Å². The number of benzene rings is 1. The van der Waals surface area contributed by atoms with Gasteiger partial charge in [-0.2, -0.15) is 0 Å². The molecule has 1 unspecified atom stereocenters. The zero-order valence-electron chi connectivity index (χ0n) is 19.1. The molecule has 4 rings (SSSR count). The van der Waals surface area contributed by atoms with Crippen molar-refractivity contribution in [2.24, 2.45) is 11.8 Å². The number of allylic oxidation sites excluding steroid dienone is 1. The Morgan fingerprint density at radius 1 is 1.00 bits per heavy atom. The second-order valence-electron chi connectivity index (χ2n) is 9.38. The van der Waals surface area contributed by atoms with Crippen molar-refractivity contribution in [3.63, 3.8) is 0 Å². The molecule has 2 aliphatic heterocycles. The molecule has 1 aromatic heterocycles. The predicted octanol–water partition coefficient (Wildman–Crippen LogP) is 4.56. The Morgan fingerprint density at radius 2 is 1.69 bits per heavy atom. The molecule has 0 spiro atoms. The van der Waals surface area contributed by atoms with E-state index in [1.807, 2.05) is 17.3 Å². The number of hydrogen-bond donors (Lipinski definition) is 0. The van der Waals surface area contributed by atoms with Crippen molar-refractivity contribution >= 4 is 5.91 Å². The first kappa shape index (κ1) is 22.6. The van der Waals surface area contributed by atoms with Crippen molar-refractivity contribution in [2.45, 2.75) is 52.1 Å². The molecule has 1 atom stereocenters. The van der Waals surface area contributed by atoms with Gasteiger partial charge in [-0.3, -0.25) is 9.69 Å². The molecular weight excluding hydrogens is 403 g/mol. The quantitative estimate of drug-likeness (QED) is 0.623. The molecule has 2 aromatic rings. The van der Waals surface area contributed by atoms with Crippen molar-refractivity contribution in [1.82, 2.24) is 19.8 Å². The molecule has 2 aliphatic rings. The van der Waals surface area contributed by atoms with Crippen LogP contribution in [0.4, 0.5) is 4.39 Å².